The van der Waals surface area contributed by atoms with Crippen LogP contribution in [0.1, 0.15) is 16.1 Å². The van der Waals surface area contributed by atoms with Gasteiger partial charge in [-0.2, -0.15) is 5.10 Å². The average molecular weight is 189 g/mol. The molecule has 0 spiro atoms. The zero-order valence-electron chi connectivity index (χ0n) is 7.09. The first-order valence-electron chi connectivity index (χ1n) is 3.35. The summed E-state index contributed by atoms with van der Waals surface area (Å²) in [6.07, 6.45) is 0. The highest BCUT2D eigenvalue weighted by atomic mass is 35.5. The number of methoxy groups -OCH3 is 1. The Labute approximate surface area is 75.1 Å². The number of rotatable bonds is 1. The second-order valence-electron chi connectivity index (χ2n) is 2.37. The maximum absolute atomic E-state index is 11.1. The smallest absolute Gasteiger partial charge is 0.342 e. The topological polar surface area (TPSA) is 44.1 Å². The van der Waals surface area contributed by atoms with Crippen LogP contribution >= 0.6 is 11.6 Å². The van der Waals surface area contributed by atoms with E-state index in [1.54, 1.807) is 14.0 Å². The molecule has 66 valence electrons. The molecular weight excluding hydrogens is 180 g/mol. The monoisotopic (exact) mass is 188 g/mol. The molecule has 0 fully saturated rings. The van der Waals surface area contributed by atoms with Gasteiger partial charge in [0.05, 0.1) is 12.8 Å². The fourth-order valence-corrected chi connectivity index (χ4v) is 1.22. The average Bonchev–Trinajstić information content (AvgIpc) is 2.26. The van der Waals surface area contributed by atoms with Crippen molar-refractivity contribution in [2.45, 2.75) is 6.92 Å². The zero-order valence-corrected chi connectivity index (χ0v) is 7.84. The van der Waals surface area contributed by atoms with Crippen molar-refractivity contribution in [3.05, 3.63) is 16.4 Å². The fraction of sp³-hybridized carbons (Fsp3) is 0.429. The van der Waals surface area contributed by atoms with Crippen molar-refractivity contribution in [1.29, 1.82) is 0 Å². The number of esters is 1. The van der Waals surface area contributed by atoms with Gasteiger partial charge < -0.3 is 4.74 Å². The minimum atomic E-state index is -0.453. The lowest BCUT2D eigenvalue weighted by Gasteiger charge is -1.96. The summed E-state index contributed by atoms with van der Waals surface area (Å²) < 4.78 is 5.97. The quantitative estimate of drug-likeness (QED) is 0.622. The van der Waals surface area contributed by atoms with Gasteiger partial charge in [0.25, 0.3) is 0 Å². The van der Waals surface area contributed by atoms with Crippen LogP contribution in [-0.4, -0.2) is 22.9 Å². The van der Waals surface area contributed by atoms with Crippen LogP contribution in [0.25, 0.3) is 0 Å². The number of hydrogen-bond acceptors (Lipinski definition) is 3. The van der Waals surface area contributed by atoms with Crippen LogP contribution in [0.4, 0.5) is 0 Å². The van der Waals surface area contributed by atoms with Crippen molar-refractivity contribution < 1.29 is 9.53 Å². The molecule has 0 aromatic carbocycles. The van der Waals surface area contributed by atoms with Crippen molar-refractivity contribution in [2.24, 2.45) is 7.05 Å². The Kier molecular flexibility index (Phi) is 2.38. The van der Waals surface area contributed by atoms with Gasteiger partial charge in [-0.15, -0.1) is 0 Å². The first-order chi connectivity index (χ1) is 5.57. The predicted molar refractivity (Wildman–Crippen MR) is 44.3 cm³/mol. The molecule has 0 amide bonds. The molecule has 0 saturated heterocycles. The summed E-state index contributed by atoms with van der Waals surface area (Å²) in [7, 11) is 2.98. The van der Waals surface area contributed by atoms with Crippen LogP contribution in [0.15, 0.2) is 0 Å². The molecule has 0 radical (unpaired) electrons. The summed E-state index contributed by atoms with van der Waals surface area (Å²) in [5.41, 5.74) is 0.913. The number of carbonyl (C=O) groups is 1. The molecule has 1 aromatic heterocycles. The van der Waals surface area contributed by atoms with Gasteiger partial charge in [0.2, 0.25) is 0 Å². The number of nitrogens with zero attached hydrogens (tertiary/aromatic N) is 2. The van der Waals surface area contributed by atoms with E-state index < -0.39 is 5.97 Å². The minimum absolute atomic E-state index is 0.305. The van der Waals surface area contributed by atoms with Gasteiger partial charge in [-0.05, 0) is 6.92 Å². The maximum atomic E-state index is 11.1. The van der Waals surface area contributed by atoms with Gasteiger partial charge in [-0.3, -0.25) is 4.68 Å². The number of carbonyl (C=O) groups excluding carboxylic acids is 1. The number of ether oxygens (including phenoxy) is 1. The van der Waals surface area contributed by atoms with Crippen molar-refractivity contribution in [3.63, 3.8) is 0 Å². The van der Waals surface area contributed by atoms with Crippen molar-refractivity contribution in [1.82, 2.24) is 9.78 Å². The molecule has 0 bridgehead atoms. The van der Waals surface area contributed by atoms with Crippen LogP contribution in [0.5, 0.6) is 0 Å². The van der Waals surface area contributed by atoms with E-state index in [1.165, 1.54) is 11.8 Å². The molecule has 0 unspecified atom stereocenters. The van der Waals surface area contributed by atoms with E-state index in [0.717, 1.165) is 0 Å². The SMILES string of the molecule is COC(=O)c1c(C)nn(C)c1Cl. The van der Waals surface area contributed by atoms with Crippen LogP contribution in [0.3, 0.4) is 0 Å². The molecule has 0 atom stereocenters. The van der Waals surface area contributed by atoms with E-state index in [0.29, 0.717) is 16.4 Å². The van der Waals surface area contributed by atoms with Crippen LogP contribution in [0, 0.1) is 6.92 Å². The van der Waals surface area contributed by atoms with Gasteiger partial charge in [-0.25, -0.2) is 4.79 Å². The second-order valence-corrected chi connectivity index (χ2v) is 2.72. The highest BCUT2D eigenvalue weighted by Crippen LogP contribution is 2.18. The summed E-state index contributed by atoms with van der Waals surface area (Å²) in [6, 6.07) is 0. The summed E-state index contributed by atoms with van der Waals surface area (Å²) in [4.78, 5) is 11.1. The van der Waals surface area contributed by atoms with E-state index >= 15 is 0 Å². The molecule has 0 aliphatic rings. The minimum Gasteiger partial charge on any atom is -0.465 e. The van der Waals surface area contributed by atoms with E-state index in [2.05, 4.69) is 9.84 Å². The summed E-state index contributed by atoms with van der Waals surface area (Å²) >= 11 is 5.79. The third-order valence-corrected chi connectivity index (χ3v) is 1.98. The third-order valence-electron chi connectivity index (χ3n) is 1.54. The van der Waals surface area contributed by atoms with E-state index in [4.69, 9.17) is 11.6 Å². The molecule has 1 aromatic rings. The summed E-state index contributed by atoms with van der Waals surface area (Å²) in [5, 5.41) is 4.27. The standard InChI is InChI=1S/C7H9ClN2O2/c1-4-5(7(11)12-3)6(8)10(2)9-4/h1-3H3. The molecule has 12 heavy (non-hydrogen) atoms. The largest absolute Gasteiger partial charge is 0.465 e. The predicted octanol–water partition coefficient (Wildman–Crippen LogP) is 1.17. The van der Waals surface area contributed by atoms with Crippen LogP contribution in [-0.2, 0) is 11.8 Å². The molecule has 1 rings (SSSR count). The van der Waals surface area contributed by atoms with E-state index in [-0.39, 0.29) is 0 Å². The Hall–Kier alpha value is -1.03. The van der Waals surface area contributed by atoms with Gasteiger partial charge in [-0.1, -0.05) is 11.6 Å². The summed E-state index contributed by atoms with van der Waals surface area (Å²) in [6.45, 7) is 1.71. The molecule has 1 heterocycles. The lowest BCUT2D eigenvalue weighted by molar-refractivity contribution is 0.0600. The van der Waals surface area contributed by atoms with Gasteiger partial charge in [0, 0.05) is 7.05 Å². The molecule has 0 aliphatic heterocycles. The van der Waals surface area contributed by atoms with Gasteiger partial charge in [0.1, 0.15) is 10.7 Å². The third kappa shape index (κ3) is 1.30. The number of aryl methyl sites for hydroxylation is 2. The van der Waals surface area contributed by atoms with Crippen molar-refractivity contribution >= 4 is 17.6 Å². The maximum Gasteiger partial charge on any atom is 0.342 e. The van der Waals surface area contributed by atoms with E-state index in [9.17, 15) is 4.79 Å². The first-order valence-corrected chi connectivity index (χ1v) is 3.73. The Morgan fingerprint density at radius 3 is 2.58 bits per heavy atom. The molecular formula is C7H9ClN2O2. The lowest BCUT2D eigenvalue weighted by atomic mass is 10.3. The van der Waals surface area contributed by atoms with Crippen LogP contribution in [0.2, 0.25) is 5.15 Å². The van der Waals surface area contributed by atoms with E-state index in [1.807, 2.05) is 0 Å². The Morgan fingerprint density at radius 1 is 1.67 bits per heavy atom. The molecule has 0 N–H and O–H groups in total. The number of aromatic nitrogens is 2. The summed E-state index contributed by atoms with van der Waals surface area (Å²) in [5.74, 6) is -0.453. The Morgan fingerprint density at radius 2 is 2.25 bits per heavy atom. The molecule has 4 nitrogen and oxygen atoms in total. The van der Waals surface area contributed by atoms with Gasteiger partial charge >= 0.3 is 5.97 Å². The van der Waals surface area contributed by atoms with Gasteiger partial charge in [0.15, 0.2) is 0 Å². The highest BCUT2D eigenvalue weighted by Gasteiger charge is 2.18. The lowest BCUT2D eigenvalue weighted by Crippen LogP contribution is -2.02. The first kappa shape index (κ1) is 9.06. The fourth-order valence-electron chi connectivity index (χ4n) is 0.964. The molecule has 0 aliphatic carbocycles. The Balaban J connectivity index is 3.22. The molecule has 0 saturated carbocycles. The Bertz CT molecular complexity index is 319. The van der Waals surface area contributed by atoms with Crippen molar-refractivity contribution in [2.75, 3.05) is 7.11 Å². The highest BCUT2D eigenvalue weighted by molar-refractivity contribution is 6.32. The zero-order chi connectivity index (χ0) is 9.30. The number of hydrogen-bond donors (Lipinski definition) is 0. The van der Waals surface area contributed by atoms with Crippen molar-refractivity contribution in [3.8, 4) is 0 Å². The normalized spacial score (nSPS) is 10.0. The van der Waals surface area contributed by atoms with Crippen LogP contribution < -0.4 is 0 Å². The number of halogens is 1. The second kappa shape index (κ2) is 3.15. The molecule has 5 heteroatoms.